The Balaban J connectivity index is 2.01. The molecule has 0 aliphatic carbocycles. The molecule has 6 nitrogen and oxygen atoms in total. The number of hydrogen-bond acceptors (Lipinski definition) is 5. The fourth-order valence-corrected chi connectivity index (χ4v) is 3.85. The molecule has 7 heteroatoms. The summed E-state index contributed by atoms with van der Waals surface area (Å²) in [6.07, 6.45) is 4.02. The van der Waals surface area contributed by atoms with Crippen LogP contribution in [0.2, 0.25) is 0 Å². The molecule has 0 fully saturated rings. The number of ether oxygens (including phenoxy) is 1. The van der Waals surface area contributed by atoms with Crippen LogP contribution in [0.4, 0.5) is 11.4 Å². The molecule has 1 amide bonds. The lowest BCUT2D eigenvalue weighted by Gasteiger charge is -2.25. The van der Waals surface area contributed by atoms with Gasteiger partial charge >= 0.3 is 0 Å². The van der Waals surface area contributed by atoms with Crippen LogP contribution in [0.3, 0.4) is 0 Å². The molecule has 2 aromatic carbocycles. The maximum atomic E-state index is 13.0. The molecule has 0 saturated carbocycles. The lowest BCUT2D eigenvalue weighted by atomic mass is 10.1. The number of amides is 1. The van der Waals surface area contributed by atoms with E-state index in [4.69, 9.17) is 4.74 Å². The van der Waals surface area contributed by atoms with Crippen molar-refractivity contribution in [3.05, 3.63) is 59.8 Å². The Morgan fingerprint density at radius 1 is 1.13 bits per heavy atom. The number of hydrogen-bond donors (Lipinski definition) is 0. The van der Waals surface area contributed by atoms with Crippen molar-refractivity contribution in [1.82, 2.24) is 4.98 Å². The summed E-state index contributed by atoms with van der Waals surface area (Å²) in [6.45, 7) is 6.07. The van der Waals surface area contributed by atoms with Crippen LogP contribution in [0.5, 0.6) is 5.75 Å². The molecule has 0 aliphatic heterocycles. The number of rotatable bonds is 8. The standard InChI is InChI=1S/C24H28N2O4S/c1-5-7-23(27)26(21-11-10-17(2)14-18(21)3)20-15-19-8-6-9-22(24(19)25-16-20)30-12-13-31(4,28)29/h6,8-11,14-16H,5,7,12-13H2,1-4H3. The molecule has 0 aliphatic rings. The van der Waals surface area contributed by atoms with Gasteiger partial charge < -0.3 is 4.74 Å². The predicted molar refractivity (Wildman–Crippen MR) is 125 cm³/mol. The second-order valence-electron chi connectivity index (χ2n) is 7.77. The monoisotopic (exact) mass is 440 g/mol. The Kier molecular flexibility index (Phi) is 6.95. The number of aromatic nitrogens is 1. The van der Waals surface area contributed by atoms with Gasteiger partial charge in [-0.25, -0.2) is 8.42 Å². The highest BCUT2D eigenvalue weighted by Crippen LogP contribution is 2.33. The van der Waals surface area contributed by atoms with Crippen LogP contribution in [0.15, 0.2) is 48.7 Å². The Morgan fingerprint density at radius 3 is 2.58 bits per heavy atom. The first-order valence-corrected chi connectivity index (χ1v) is 12.3. The molecular formula is C24H28N2O4S. The van der Waals surface area contributed by atoms with Gasteiger partial charge in [0.25, 0.3) is 0 Å². The lowest BCUT2D eigenvalue weighted by molar-refractivity contribution is -0.117. The predicted octanol–water partition coefficient (Wildman–Crippen LogP) is 4.74. The van der Waals surface area contributed by atoms with Gasteiger partial charge in [0.15, 0.2) is 9.84 Å². The third kappa shape index (κ3) is 5.61. The van der Waals surface area contributed by atoms with Crippen molar-refractivity contribution in [3.8, 4) is 5.75 Å². The van der Waals surface area contributed by atoms with Gasteiger partial charge in [-0.05, 0) is 44.0 Å². The summed E-state index contributed by atoms with van der Waals surface area (Å²) in [6, 6.07) is 13.4. The first-order valence-electron chi connectivity index (χ1n) is 10.3. The number of para-hydroxylation sites is 1. The number of benzene rings is 2. The number of aryl methyl sites for hydroxylation is 2. The fourth-order valence-electron chi connectivity index (χ4n) is 3.46. The molecule has 3 aromatic rings. The van der Waals surface area contributed by atoms with Gasteiger partial charge in [-0.15, -0.1) is 0 Å². The fraction of sp³-hybridized carbons (Fsp3) is 0.333. The van der Waals surface area contributed by atoms with Crippen molar-refractivity contribution in [2.45, 2.75) is 33.6 Å². The molecule has 1 heterocycles. The highest BCUT2D eigenvalue weighted by molar-refractivity contribution is 7.90. The Hall–Kier alpha value is -2.93. The quantitative estimate of drug-likeness (QED) is 0.506. The van der Waals surface area contributed by atoms with E-state index >= 15 is 0 Å². The zero-order chi connectivity index (χ0) is 22.6. The number of carbonyl (C=O) groups excluding carboxylic acids is 1. The molecule has 31 heavy (non-hydrogen) atoms. The van der Waals surface area contributed by atoms with Crippen LogP contribution >= 0.6 is 0 Å². The minimum Gasteiger partial charge on any atom is -0.490 e. The van der Waals surface area contributed by atoms with Crippen molar-refractivity contribution in [2.75, 3.05) is 23.5 Å². The van der Waals surface area contributed by atoms with Gasteiger partial charge in [0.05, 0.1) is 23.3 Å². The lowest BCUT2D eigenvalue weighted by Crippen LogP contribution is -2.26. The molecule has 3 rings (SSSR count). The third-order valence-corrected chi connectivity index (χ3v) is 5.84. The number of sulfone groups is 1. The van der Waals surface area contributed by atoms with E-state index in [2.05, 4.69) is 11.1 Å². The van der Waals surface area contributed by atoms with Crippen LogP contribution in [0.25, 0.3) is 10.9 Å². The molecule has 0 unspecified atom stereocenters. The van der Waals surface area contributed by atoms with Crippen LogP contribution in [-0.4, -0.2) is 37.9 Å². The molecule has 0 N–H and O–H groups in total. The Morgan fingerprint density at radius 2 is 1.90 bits per heavy atom. The van der Waals surface area contributed by atoms with Crippen molar-refractivity contribution in [2.24, 2.45) is 0 Å². The van der Waals surface area contributed by atoms with Crippen LogP contribution in [-0.2, 0) is 14.6 Å². The number of anilines is 2. The normalized spacial score (nSPS) is 11.5. The summed E-state index contributed by atoms with van der Waals surface area (Å²) >= 11 is 0. The minimum atomic E-state index is -3.11. The van der Waals surface area contributed by atoms with Crippen LogP contribution < -0.4 is 9.64 Å². The van der Waals surface area contributed by atoms with E-state index in [1.807, 2.05) is 51.1 Å². The summed E-state index contributed by atoms with van der Waals surface area (Å²) in [7, 11) is -3.11. The molecule has 0 radical (unpaired) electrons. The number of nitrogens with zero attached hydrogens (tertiary/aromatic N) is 2. The van der Waals surface area contributed by atoms with Gasteiger partial charge in [-0.2, -0.15) is 0 Å². The number of fused-ring (bicyclic) bond motifs is 1. The van der Waals surface area contributed by atoms with E-state index in [1.165, 1.54) is 6.26 Å². The van der Waals surface area contributed by atoms with E-state index in [0.29, 0.717) is 23.4 Å². The van der Waals surface area contributed by atoms with Crippen LogP contribution in [0.1, 0.15) is 30.9 Å². The molecule has 0 bridgehead atoms. The molecule has 0 atom stereocenters. The van der Waals surface area contributed by atoms with Crippen molar-refractivity contribution in [3.63, 3.8) is 0 Å². The smallest absolute Gasteiger partial charge is 0.231 e. The van der Waals surface area contributed by atoms with Gasteiger partial charge in [-0.1, -0.05) is 36.8 Å². The first-order chi connectivity index (χ1) is 14.7. The van der Waals surface area contributed by atoms with Gasteiger partial charge in [0.2, 0.25) is 5.91 Å². The SMILES string of the molecule is CCCC(=O)N(c1cnc2c(OCCS(C)(=O)=O)cccc2c1)c1ccc(C)cc1C. The van der Waals surface area contributed by atoms with E-state index in [0.717, 1.165) is 28.6 Å². The van der Waals surface area contributed by atoms with Crippen molar-refractivity contribution >= 4 is 38.0 Å². The van der Waals surface area contributed by atoms with E-state index < -0.39 is 9.84 Å². The second kappa shape index (κ2) is 9.47. The molecule has 1 aromatic heterocycles. The minimum absolute atomic E-state index is 0.0103. The maximum absolute atomic E-state index is 13.0. The van der Waals surface area contributed by atoms with Gasteiger partial charge in [-0.3, -0.25) is 14.7 Å². The largest absolute Gasteiger partial charge is 0.490 e. The summed E-state index contributed by atoms with van der Waals surface area (Å²) in [5.41, 5.74) is 4.30. The highest BCUT2D eigenvalue weighted by atomic mass is 32.2. The highest BCUT2D eigenvalue weighted by Gasteiger charge is 2.20. The Bertz CT molecular complexity index is 1210. The average molecular weight is 441 g/mol. The summed E-state index contributed by atoms with van der Waals surface area (Å²) in [5.74, 6) is 0.467. The van der Waals surface area contributed by atoms with E-state index in [1.54, 1.807) is 17.2 Å². The third-order valence-electron chi connectivity index (χ3n) is 4.94. The van der Waals surface area contributed by atoms with E-state index in [-0.39, 0.29) is 18.3 Å². The Labute approximate surface area is 183 Å². The summed E-state index contributed by atoms with van der Waals surface area (Å²) < 4.78 is 28.4. The van der Waals surface area contributed by atoms with Gasteiger partial charge in [0, 0.05) is 18.1 Å². The number of carbonyl (C=O) groups is 1. The molecule has 0 saturated heterocycles. The molecule has 164 valence electrons. The van der Waals surface area contributed by atoms with Crippen molar-refractivity contribution in [1.29, 1.82) is 0 Å². The maximum Gasteiger partial charge on any atom is 0.231 e. The van der Waals surface area contributed by atoms with Gasteiger partial charge in [0.1, 0.15) is 17.9 Å². The molecule has 0 spiro atoms. The summed E-state index contributed by atoms with van der Waals surface area (Å²) in [5, 5.41) is 0.813. The topological polar surface area (TPSA) is 76.6 Å². The average Bonchev–Trinajstić information content (AvgIpc) is 2.69. The molecular weight excluding hydrogens is 412 g/mol. The zero-order valence-corrected chi connectivity index (χ0v) is 19.2. The van der Waals surface area contributed by atoms with Crippen molar-refractivity contribution < 1.29 is 17.9 Å². The zero-order valence-electron chi connectivity index (χ0n) is 18.4. The summed E-state index contributed by atoms with van der Waals surface area (Å²) in [4.78, 5) is 19.3. The van der Waals surface area contributed by atoms with Crippen LogP contribution in [0, 0.1) is 13.8 Å². The second-order valence-corrected chi connectivity index (χ2v) is 10.0. The first kappa shape index (κ1) is 22.7. The number of pyridine rings is 1. The van der Waals surface area contributed by atoms with E-state index in [9.17, 15) is 13.2 Å².